The van der Waals surface area contributed by atoms with Crippen LogP contribution < -0.4 is 14.7 Å². The first-order valence-electron chi connectivity index (χ1n) is 30.3. The maximum atomic E-state index is 7.20. The van der Waals surface area contributed by atoms with Gasteiger partial charge in [0.05, 0.1) is 50.1 Å². The number of hydrogen-bond donors (Lipinski definition) is 0. The van der Waals surface area contributed by atoms with Gasteiger partial charge in [0.1, 0.15) is 16.7 Å². The highest BCUT2D eigenvalue weighted by atomic mass is 16.3. The van der Waals surface area contributed by atoms with E-state index in [9.17, 15) is 0 Å². The predicted octanol–water partition coefficient (Wildman–Crippen LogP) is 20.8. The number of anilines is 7. The topological polar surface area (TPSA) is 40.9 Å². The Morgan fingerprint density at radius 1 is 0.432 bits per heavy atom. The molecule has 6 heteroatoms. The first kappa shape index (κ1) is 48.0. The molecule has 81 heavy (non-hydrogen) atoms. The molecular formula is C75H72N4O2. The van der Waals surface area contributed by atoms with Crippen molar-refractivity contribution < 1.29 is 8.83 Å². The standard InChI is InChI=1S/C75H72N4O2/c1-70(2,3)44-29-33-55-53(39-44)72(7)35-15-17-37-74(72,9)78(55)46-31-32-48-58(41-46)76(57-25-20-28-63-66(57)50-22-12-13-26-61(50)80-63)59-42-47(79-56-34-30-45(71(4,5)6)40-54(56)73(8)36-16-18-38-75(73,79)10)43-60-67(59)64(48)51-23-19-24-52-65-49-21-11-14-27-62(49)81-69(65)77(60)68(51)52/h11-14,19-34,39-43,64H,15-18,35-38H2,1-10H3. The Balaban J connectivity index is 1.01. The third-order valence-electron chi connectivity index (χ3n) is 22.2. The van der Waals surface area contributed by atoms with Gasteiger partial charge in [0.25, 0.3) is 0 Å². The Morgan fingerprint density at radius 3 is 1.63 bits per heavy atom. The second-order valence-electron chi connectivity index (χ2n) is 28.3. The zero-order valence-corrected chi connectivity index (χ0v) is 48.8. The minimum atomic E-state index is -0.193. The zero-order valence-electron chi connectivity index (χ0n) is 48.8. The molecule has 11 aromatic rings. The van der Waals surface area contributed by atoms with Crippen LogP contribution in [0.2, 0.25) is 0 Å². The molecular weight excluding hydrogens is 989 g/mol. The number of hydrogen-bond acceptors (Lipinski definition) is 5. The van der Waals surface area contributed by atoms with Gasteiger partial charge in [-0.05, 0) is 144 Å². The van der Waals surface area contributed by atoms with Crippen LogP contribution >= 0.6 is 0 Å². The minimum Gasteiger partial charge on any atom is -0.456 e. The van der Waals surface area contributed by atoms with E-state index in [1.165, 1.54) is 127 Å². The maximum absolute atomic E-state index is 7.20. The smallest absolute Gasteiger partial charge is 0.213 e. The van der Waals surface area contributed by atoms with Crippen molar-refractivity contribution in [2.24, 2.45) is 0 Å². The van der Waals surface area contributed by atoms with Crippen molar-refractivity contribution in [3.05, 3.63) is 191 Å². The lowest BCUT2D eigenvalue weighted by atomic mass is 9.61. The maximum Gasteiger partial charge on any atom is 0.213 e. The van der Waals surface area contributed by atoms with Crippen molar-refractivity contribution in [1.29, 1.82) is 0 Å². The van der Waals surface area contributed by atoms with Gasteiger partial charge in [-0.25, -0.2) is 0 Å². The molecule has 8 aromatic carbocycles. The van der Waals surface area contributed by atoms with Crippen LogP contribution in [0.1, 0.15) is 165 Å². The van der Waals surface area contributed by atoms with Crippen LogP contribution in [-0.2, 0) is 21.7 Å². The van der Waals surface area contributed by atoms with Crippen LogP contribution in [0.5, 0.6) is 0 Å². The van der Waals surface area contributed by atoms with E-state index in [0.717, 1.165) is 63.6 Å². The van der Waals surface area contributed by atoms with E-state index < -0.39 is 0 Å². The summed E-state index contributed by atoms with van der Waals surface area (Å²) in [4.78, 5) is 8.28. The van der Waals surface area contributed by atoms with Gasteiger partial charge < -0.3 is 23.5 Å². The molecule has 2 aliphatic carbocycles. The molecule has 4 aliphatic heterocycles. The van der Waals surface area contributed by atoms with E-state index in [0.29, 0.717) is 0 Å². The second kappa shape index (κ2) is 15.6. The van der Waals surface area contributed by atoms with Gasteiger partial charge in [0, 0.05) is 61.2 Å². The van der Waals surface area contributed by atoms with Gasteiger partial charge >= 0.3 is 0 Å². The molecule has 2 saturated carbocycles. The number of para-hydroxylation sites is 3. The molecule has 0 radical (unpaired) electrons. The Morgan fingerprint density at radius 2 is 0.975 bits per heavy atom. The fourth-order valence-corrected chi connectivity index (χ4v) is 17.6. The average Bonchev–Trinajstić information content (AvgIpc) is 2.88. The fraction of sp³-hybridized carbons (Fsp3) is 0.333. The molecule has 0 N–H and O–H groups in total. The summed E-state index contributed by atoms with van der Waals surface area (Å²) >= 11 is 0. The van der Waals surface area contributed by atoms with Crippen LogP contribution in [0, 0.1) is 0 Å². The predicted molar refractivity (Wildman–Crippen MR) is 336 cm³/mol. The lowest BCUT2D eigenvalue weighted by Crippen LogP contribution is -2.54. The van der Waals surface area contributed by atoms with Crippen molar-refractivity contribution in [3.8, 4) is 5.69 Å². The lowest BCUT2D eigenvalue weighted by Gasteiger charge is -2.51. The third-order valence-corrected chi connectivity index (χ3v) is 22.2. The molecule has 17 rings (SSSR count). The van der Waals surface area contributed by atoms with Gasteiger partial charge in [-0.3, -0.25) is 4.57 Å². The van der Waals surface area contributed by atoms with Crippen molar-refractivity contribution >= 4 is 94.7 Å². The molecule has 0 amide bonds. The van der Waals surface area contributed by atoms with Gasteiger partial charge in [-0.2, -0.15) is 0 Å². The Kier molecular flexibility index (Phi) is 9.28. The summed E-state index contributed by atoms with van der Waals surface area (Å²) in [5.41, 5.74) is 24.1. The van der Waals surface area contributed by atoms with E-state index in [4.69, 9.17) is 8.83 Å². The first-order chi connectivity index (χ1) is 38.9. The Bertz CT molecular complexity index is 4570. The molecule has 2 fully saturated rings. The van der Waals surface area contributed by atoms with Crippen LogP contribution in [-0.4, -0.2) is 15.6 Å². The Labute approximate surface area is 476 Å². The summed E-state index contributed by atoms with van der Waals surface area (Å²) < 4.78 is 16.6. The van der Waals surface area contributed by atoms with Crippen LogP contribution in [0.3, 0.4) is 0 Å². The average molecular weight is 1060 g/mol. The van der Waals surface area contributed by atoms with E-state index >= 15 is 0 Å². The quantitative estimate of drug-likeness (QED) is 0.176. The number of rotatable bonds is 3. The zero-order chi connectivity index (χ0) is 55.1. The molecule has 3 aromatic heterocycles. The summed E-state index contributed by atoms with van der Waals surface area (Å²) in [5, 5.41) is 5.82. The molecule has 0 saturated heterocycles. The molecule has 404 valence electrons. The molecule has 0 spiro atoms. The van der Waals surface area contributed by atoms with E-state index in [-0.39, 0.29) is 38.7 Å². The third kappa shape index (κ3) is 5.94. The largest absolute Gasteiger partial charge is 0.456 e. The van der Waals surface area contributed by atoms with Crippen molar-refractivity contribution in [2.45, 2.75) is 159 Å². The van der Waals surface area contributed by atoms with Crippen LogP contribution in [0.4, 0.5) is 39.8 Å². The molecule has 7 heterocycles. The molecule has 5 unspecified atom stereocenters. The number of benzene rings is 8. The van der Waals surface area contributed by atoms with Crippen molar-refractivity contribution in [1.82, 2.24) is 4.57 Å². The van der Waals surface area contributed by atoms with Crippen LogP contribution in [0.15, 0.2) is 160 Å². The molecule has 6 nitrogen and oxygen atoms in total. The first-order valence-corrected chi connectivity index (χ1v) is 30.3. The number of nitrogens with zero attached hydrogens (tertiary/aromatic N) is 4. The van der Waals surface area contributed by atoms with Crippen molar-refractivity contribution in [2.75, 3.05) is 14.7 Å². The molecule has 0 bridgehead atoms. The number of furan rings is 2. The normalized spacial score (nSPS) is 24.5. The van der Waals surface area contributed by atoms with Gasteiger partial charge in [0.15, 0.2) is 0 Å². The fourth-order valence-electron chi connectivity index (χ4n) is 17.6. The summed E-state index contributed by atoms with van der Waals surface area (Å²) in [6.07, 6.45) is 9.44. The van der Waals surface area contributed by atoms with E-state index in [1.54, 1.807) is 0 Å². The molecule has 6 aliphatic rings. The highest BCUT2D eigenvalue weighted by molar-refractivity contribution is 6.22. The number of fused-ring (bicyclic) bond motifs is 18. The number of aromatic nitrogens is 1. The van der Waals surface area contributed by atoms with Crippen molar-refractivity contribution in [3.63, 3.8) is 0 Å². The highest BCUT2D eigenvalue weighted by Gasteiger charge is 2.60. The van der Waals surface area contributed by atoms with Crippen LogP contribution in [0.25, 0.3) is 60.6 Å². The lowest BCUT2D eigenvalue weighted by molar-refractivity contribution is 0.194. The Hall–Kier alpha value is -7.70. The van der Waals surface area contributed by atoms with E-state index in [1.807, 2.05) is 0 Å². The van der Waals surface area contributed by atoms with Gasteiger partial charge in [-0.1, -0.05) is 172 Å². The summed E-state index contributed by atoms with van der Waals surface area (Å²) in [6, 6.07) is 58.9. The highest BCUT2D eigenvalue weighted by Crippen LogP contribution is 2.67. The second-order valence-corrected chi connectivity index (χ2v) is 28.3. The SMILES string of the molecule is CC(C)(C)c1ccc2c(c1)C1(C)CCCCC1(C)N2c1ccc2c(c1)N(c1cccc3oc4ccccc4c13)c1cc(N3c4ccc(C(C)(C)C)cc4C4(C)CCCCC34C)cc3c1C2c1cccc2c4c5ccccc5oc4n-3c12. The summed E-state index contributed by atoms with van der Waals surface area (Å²) in [5.74, 6) is -0.0717. The van der Waals surface area contributed by atoms with E-state index in [2.05, 4.69) is 240 Å². The molecule has 5 atom stereocenters. The van der Waals surface area contributed by atoms with Gasteiger partial charge in [-0.15, -0.1) is 0 Å². The summed E-state index contributed by atoms with van der Waals surface area (Å²) in [7, 11) is 0. The monoisotopic (exact) mass is 1060 g/mol. The summed E-state index contributed by atoms with van der Waals surface area (Å²) in [6.45, 7) is 24.5. The minimum absolute atomic E-state index is 0.0184. The van der Waals surface area contributed by atoms with Gasteiger partial charge in [0.2, 0.25) is 5.71 Å².